The van der Waals surface area contributed by atoms with Crippen molar-refractivity contribution in [2.75, 3.05) is 26.4 Å². The summed E-state index contributed by atoms with van der Waals surface area (Å²) in [5.74, 6) is 0. The van der Waals surface area contributed by atoms with Crippen LogP contribution in [0.5, 0.6) is 0 Å². The van der Waals surface area contributed by atoms with E-state index in [1.54, 1.807) is 0 Å². The van der Waals surface area contributed by atoms with Crippen molar-refractivity contribution in [2.24, 2.45) is 0 Å². The first-order valence-electron chi connectivity index (χ1n) is 5.34. The van der Waals surface area contributed by atoms with E-state index < -0.39 is 13.9 Å². The molecule has 1 unspecified atom stereocenters. The third-order valence-electron chi connectivity index (χ3n) is 1.87. The van der Waals surface area contributed by atoms with Gasteiger partial charge < -0.3 is 20.0 Å². The van der Waals surface area contributed by atoms with E-state index in [2.05, 4.69) is 11.5 Å². The summed E-state index contributed by atoms with van der Waals surface area (Å²) in [6, 6.07) is 0. The molecule has 0 amide bonds. The fraction of sp³-hybridized carbons (Fsp3) is 0.556. The number of hydrogen-bond donors (Lipinski definition) is 2. The van der Waals surface area contributed by atoms with Gasteiger partial charge in [0, 0.05) is 25.5 Å². The van der Waals surface area contributed by atoms with E-state index >= 15 is 0 Å². The summed E-state index contributed by atoms with van der Waals surface area (Å²) in [5, 5.41) is 17.8. The Morgan fingerprint density at radius 2 is 1.65 bits per heavy atom. The molecule has 2 N–H and O–H groups in total. The van der Waals surface area contributed by atoms with Crippen molar-refractivity contribution in [1.29, 1.82) is 0 Å². The monoisotopic (exact) mass is 330 g/mol. The summed E-state index contributed by atoms with van der Waals surface area (Å²) in [6.45, 7) is 5.49. The zero-order valence-corrected chi connectivity index (χ0v) is 11.2. The Bertz CT molecular complexity index is 352. The summed E-state index contributed by atoms with van der Waals surface area (Å²) in [7, 11) is -10.7. The first-order chi connectivity index (χ1) is 8.71. The molecule has 0 saturated carbocycles. The van der Waals surface area contributed by atoms with Gasteiger partial charge in [-0.1, -0.05) is 6.08 Å². The molecule has 0 aliphatic carbocycles. The number of aliphatic hydroxyl groups is 2. The van der Waals surface area contributed by atoms with Gasteiger partial charge in [0.25, 0.3) is 0 Å². The van der Waals surface area contributed by atoms with Crippen LogP contribution in [0.15, 0.2) is 25.1 Å². The number of rotatable bonds is 5. The molecule has 0 aromatic heterocycles. The standard InChI is InChI=1S/C9H16N2O2.F6P/c1-2-3-10-4-5-11(8-10)6-9(13)7-12;1-7(2,3,4,5)6/h2,4-5,9,12-13H,1,3,6-8H2;/q;-1/p+1. The molecule has 11 heteroatoms. The second-order valence-corrected chi connectivity index (χ2v) is 5.98. The van der Waals surface area contributed by atoms with Crippen molar-refractivity contribution in [2.45, 2.75) is 6.10 Å². The third kappa shape index (κ3) is 15.1. The first-order valence-corrected chi connectivity index (χ1v) is 7.36. The molecular formula is C9H17F6N2O2P. The van der Waals surface area contributed by atoms with Crippen molar-refractivity contribution in [3.63, 3.8) is 0 Å². The maximum absolute atomic E-state index is 10.7. The maximum atomic E-state index is 9.87. The van der Waals surface area contributed by atoms with E-state index in [0.29, 0.717) is 6.54 Å². The van der Waals surface area contributed by atoms with Crippen molar-refractivity contribution in [1.82, 2.24) is 9.80 Å². The van der Waals surface area contributed by atoms with Crippen LogP contribution in [0.3, 0.4) is 0 Å². The third-order valence-corrected chi connectivity index (χ3v) is 1.87. The van der Waals surface area contributed by atoms with E-state index in [-0.39, 0.29) is 8.03 Å². The van der Waals surface area contributed by atoms with Gasteiger partial charge in [-0.15, -0.1) is 6.58 Å². The van der Waals surface area contributed by atoms with Crippen molar-refractivity contribution in [3.8, 4) is 0 Å². The summed E-state index contributed by atoms with van der Waals surface area (Å²) in [6.07, 6.45) is 5.03. The first kappa shape index (κ1) is 19.0. The average molecular weight is 330 g/mol. The predicted molar refractivity (Wildman–Crippen MR) is 65.4 cm³/mol. The summed E-state index contributed by atoms with van der Waals surface area (Å²) < 4.78 is 59.2. The summed E-state index contributed by atoms with van der Waals surface area (Å²) in [4.78, 5) is 4.02. The van der Waals surface area contributed by atoms with Crippen molar-refractivity contribution in [3.05, 3.63) is 25.1 Å². The molecule has 0 fully saturated rings. The van der Waals surface area contributed by atoms with Gasteiger partial charge in [-0.25, -0.2) is 0 Å². The summed E-state index contributed by atoms with van der Waals surface area (Å²) >= 11 is 0. The second-order valence-electron chi connectivity index (χ2n) is 4.07. The SMILES string of the molecule is C=CCN1C=CN(CC(O)CO)C1.F[P-](F)(F)(F)(F)F.[H+]. The Morgan fingerprint density at radius 1 is 1.20 bits per heavy atom. The number of β-amino-alcohol motifs (C(OH)–C–C–N with tert-alkyl or cyclic N) is 1. The minimum Gasteiger partial charge on any atom is 1.00 e. The van der Waals surface area contributed by atoms with E-state index in [1.807, 2.05) is 23.4 Å². The fourth-order valence-corrected chi connectivity index (χ4v) is 1.25. The largest absolute Gasteiger partial charge is 1.00 e. The van der Waals surface area contributed by atoms with Gasteiger partial charge in [-0.2, -0.15) is 0 Å². The molecule has 0 bridgehead atoms. The molecule has 0 spiro atoms. The molecule has 0 aromatic rings. The molecule has 4 nitrogen and oxygen atoms in total. The quantitative estimate of drug-likeness (QED) is 0.462. The van der Waals surface area contributed by atoms with Crippen LogP contribution in [0.1, 0.15) is 1.43 Å². The zero-order valence-electron chi connectivity index (χ0n) is 11.3. The number of aliphatic hydroxyl groups excluding tert-OH is 2. The zero-order chi connectivity index (χ0) is 16.1. The average Bonchev–Trinajstić information content (AvgIpc) is 2.61. The van der Waals surface area contributed by atoms with E-state index in [4.69, 9.17) is 5.11 Å². The van der Waals surface area contributed by atoms with Gasteiger partial charge in [0.1, 0.15) is 0 Å². The molecule has 0 aromatic carbocycles. The van der Waals surface area contributed by atoms with E-state index in [1.165, 1.54) is 0 Å². The molecule has 0 saturated heterocycles. The Balaban J connectivity index is 0. The maximum Gasteiger partial charge on any atom is 1.00 e. The van der Waals surface area contributed by atoms with E-state index in [0.717, 1.165) is 13.2 Å². The van der Waals surface area contributed by atoms with Crippen LogP contribution in [0, 0.1) is 0 Å². The van der Waals surface area contributed by atoms with Gasteiger partial charge in [0.2, 0.25) is 0 Å². The minimum absolute atomic E-state index is 0. The summed E-state index contributed by atoms with van der Waals surface area (Å²) in [5.41, 5.74) is 0. The number of hydrogen-bond acceptors (Lipinski definition) is 4. The smallest absolute Gasteiger partial charge is 1.00 e. The van der Waals surface area contributed by atoms with Crippen LogP contribution in [0.4, 0.5) is 25.2 Å². The topological polar surface area (TPSA) is 46.9 Å². The molecule has 1 heterocycles. The van der Waals surface area contributed by atoms with Crippen LogP contribution in [0.2, 0.25) is 0 Å². The Kier molecular flexibility index (Phi) is 5.50. The normalized spacial score (nSPS) is 19.8. The predicted octanol–water partition coefficient (Wildman–Crippen LogP) is 3.07. The Hall–Kier alpha value is -0.990. The Morgan fingerprint density at radius 3 is 2.05 bits per heavy atom. The molecule has 122 valence electrons. The van der Waals surface area contributed by atoms with Gasteiger partial charge in [0.15, 0.2) is 0 Å². The van der Waals surface area contributed by atoms with Crippen LogP contribution in [0.25, 0.3) is 0 Å². The van der Waals surface area contributed by atoms with Gasteiger partial charge in [-0.05, 0) is 0 Å². The number of halogens is 6. The van der Waals surface area contributed by atoms with Crippen LogP contribution < -0.4 is 0 Å². The number of nitrogens with zero attached hydrogens (tertiary/aromatic N) is 2. The fourth-order valence-electron chi connectivity index (χ4n) is 1.25. The second kappa shape index (κ2) is 5.79. The molecule has 1 aliphatic heterocycles. The van der Waals surface area contributed by atoms with Crippen molar-refractivity contribution < 1.29 is 36.8 Å². The van der Waals surface area contributed by atoms with Crippen LogP contribution >= 0.6 is 7.81 Å². The molecule has 0 radical (unpaired) electrons. The molecule has 1 aliphatic rings. The minimum atomic E-state index is -10.7. The molecule has 20 heavy (non-hydrogen) atoms. The van der Waals surface area contributed by atoms with Gasteiger partial charge in [-0.3, -0.25) is 0 Å². The molecular weight excluding hydrogens is 313 g/mol. The van der Waals surface area contributed by atoms with E-state index in [9.17, 15) is 30.3 Å². The van der Waals surface area contributed by atoms with Gasteiger partial charge in [0.05, 0.1) is 19.4 Å². The van der Waals surface area contributed by atoms with Crippen molar-refractivity contribution >= 4 is 7.81 Å². The molecule has 1 rings (SSSR count). The molecule has 1 atom stereocenters. The van der Waals surface area contributed by atoms with Crippen LogP contribution in [-0.2, 0) is 0 Å². The van der Waals surface area contributed by atoms with Crippen LogP contribution in [-0.4, -0.2) is 52.5 Å². The van der Waals surface area contributed by atoms with Gasteiger partial charge >= 0.3 is 34.4 Å². The Labute approximate surface area is 113 Å².